The Bertz CT molecular complexity index is 1410. The number of Topliss-reactive ketones (excluding diaryl/α,β-unsaturated/α-hetero) is 1. The van der Waals surface area contributed by atoms with E-state index in [0.29, 0.717) is 22.6 Å². The number of nitriles is 1. The Balaban J connectivity index is 1.78. The van der Waals surface area contributed by atoms with Crippen LogP contribution in [0.25, 0.3) is 6.08 Å². The van der Waals surface area contributed by atoms with Gasteiger partial charge in [-0.15, -0.1) is 0 Å². The van der Waals surface area contributed by atoms with Crippen LogP contribution in [0.5, 0.6) is 11.5 Å². The standard InChI is InChI=1S/C29H25N3O4/c1-35-21-13-10-19(11-14-21)25-26(27(33)20-7-5-8-22(16-20)36-2)32-23-9-4-3-6-18(23)12-15-24(32)29(25,17-30)28(31)34/h3-16,24-26H,1-2H3,(H2,31,34)/t24-,25+,26+,29-/m0/s1. The molecule has 7 heteroatoms. The van der Waals surface area contributed by atoms with Crippen LogP contribution in [-0.2, 0) is 4.79 Å². The van der Waals surface area contributed by atoms with E-state index in [4.69, 9.17) is 15.2 Å². The Morgan fingerprint density at radius 2 is 1.69 bits per heavy atom. The van der Waals surface area contributed by atoms with Crippen LogP contribution in [0.1, 0.15) is 27.4 Å². The molecule has 2 aliphatic rings. The first-order chi connectivity index (χ1) is 17.5. The molecule has 3 aromatic carbocycles. The number of rotatable bonds is 6. The van der Waals surface area contributed by atoms with Gasteiger partial charge in [0.05, 0.1) is 26.3 Å². The van der Waals surface area contributed by atoms with Gasteiger partial charge in [0.2, 0.25) is 5.91 Å². The predicted octanol–water partition coefficient (Wildman–Crippen LogP) is 3.95. The minimum atomic E-state index is -1.70. The smallest absolute Gasteiger partial charge is 0.241 e. The molecule has 0 radical (unpaired) electrons. The first-order valence-corrected chi connectivity index (χ1v) is 11.5. The van der Waals surface area contributed by atoms with Gasteiger partial charge in [0.1, 0.15) is 17.5 Å². The lowest BCUT2D eigenvalue weighted by atomic mass is 9.67. The zero-order valence-corrected chi connectivity index (χ0v) is 19.9. The van der Waals surface area contributed by atoms with E-state index in [9.17, 15) is 14.9 Å². The molecule has 180 valence electrons. The maximum Gasteiger partial charge on any atom is 0.241 e. The van der Waals surface area contributed by atoms with Crippen molar-refractivity contribution in [3.8, 4) is 17.6 Å². The van der Waals surface area contributed by atoms with E-state index in [1.165, 1.54) is 7.11 Å². The molecule has 1 amide bonds. The summed E-state index contributed by atoms with van der Waals surface area (Å²) in [5, 5.41) is 10.6. The minimum absolute atomic E-state index is 0.233. The van der Waals surface area contributed by atoms with Crippen molar-refractivity contribution >= 4 is 23.5 Å². The van der Waals surface area contributed by atoms with E-state index in [1.807, 2.05) is 41.3 Å². The second-order valence-electron chi connectivity index (χ2n) is 8.91. The van der Waals surface area contributed by atoms with Crippen molar-refractivity contribution in [2.24, 2.45) is 11.1 Å². The van der Waals surface area contributed by atoms with Gasteiger partial charge in [0, 0.05) is 17.2 Å². The third kappa shape index (κ3) is 3.34. The Kier molecular flexibility index (Phi) is 5.73. The van der Waals surface area contributed by atoms with Gasteiger partial charge in [-0.25, -0.2) is 0 Å². The lowest BCUT2D eigenvalue weighted by Crippen LogP contribution is -2.49. The first kappa shape index (κ1) is 23.2. The number of carbonyl (C=O) groups is 2. The number of ether oxygens (including phenoxy) is 2. The van der Waals surface area contributed by atoms with Gasteiger partial charge in [-0.2, -0.15) is 5.26 Å². The van der Waals surface area contributed by atoms with Crippen molar-refractivity contribution in [3.05, 3.63) is 95.6 Å². The van der Waals surface area contributed by atoms with Gasteiger partial charge in [0.15, 0.2) is 11.2 Å². The summed E-state index contributed by atoms with van der Waals surface area (Å²) in [5.74, 6) is -0.687. The van der Waals surface area contributed by atoms with Crippen LogP contribution in [0.3, 0.4) is 0 Å². The third-order valence-corrected chi connectivity index (χ3v) is 7.24. The Hall–Kier alpha value is -4.57. The molecule has 5 rings (SSSR count). The normalized spacial score (nSPS) is 23.8. The van der Waals surface area contributed by atoms with Crippen molar-refractivity contribution in [1.29, 1.82) is 5.26 Å². The van der Waals surface area contributed by atoms with E-state index in [-0.39, 0.29) is 5.78 Å². The van der Waals surface area contributed by atoms with Gasteiger partial charge in [0.25, 0.3) is 0 Å². The summed E-state index contributed by atoms with van der Waals surface area (Å²) in [4.78, 5) is 29.4. The maximum atomic E-state index is 14.3. The lowest BCUT2D eigenvalue weighted by Gasteiger charge is -2.36. The number of anilines is 1. The summed E-state index contributed by atoms with van der Waals surface area (Å²) in [6.45, 7) is 0. The van der Waals surface area contributed by atoms with E-state index in [0.717, 1.165) is 11.3 Å². The molecule has 0 aromatic heterocycles. The fraction of sp³-hybridized carbons (Fsp3) is 0.207. The second-order valence-corrected chi connectivity index (χ2v) is 8.91. The number of nitrogens with two attached hydrogens (primary N) is 1. The van der Waals surface area contributed by atoms with Crippen LogP contribution in [0, 0.1) is 16.7 Å². The second kappa shape index (κ2) is 8.90. The van der Waals surface area contributed by atoms with Gasteiger partial charge < -0.3 is 20.1 Å². The summed E-state index contributed by atoms with van der Waals surface area (Å²) >= 11 is 0. The number of para-hydroxylation sites is 1. The number of ketones is 1. The van der Waals surface area contributed by atoms with Crippen LogP contribution < -0.4 is 20.1 Å². The molecule has 2 N–H and O–H groups in total. The fourth-order valence-electron chi connectivity index (χ4n) is 5.56. The molecule has 0 spiro atoms. The monoisotopic (exact) mass is 479 g/mol. The maximum absolute atomic E-state index is 14.3. The van der Waals surface area contributed by atoms with Crippen molar-refractivity contribution in [2.75, 3.05) is 19.1 Å². The van der Waals surface area contributed by atoms with E-state index >= 15 is 0 Å². The molecule has 7 nitrogen and oxygen atoms in total. The predicted molar refractivity (Wildman–Crippen MR) is 136 cm³/mol. The molecule has 2 aliphatic heterocycles. The molecule has 0 aliphatic carbocycles. The van der Waals surface area contributed by atoms with Gasteiger partial charge in [-0.3, -0.25) is 9.59 Å². The van der Waals surface area contributed by atoms with E-state index in [1.54, 1.807) is 55.6 Å². The molecule has 3 aromatic rings. The number of methoxy groups -OCH3 is 2. The third-order valence-electron chi connectivity index (χ3n) is 7.24. The van der Waals surface area contributed by atoms with Crippen molar-refractivity contribution in [1.82, 2.24) is 0 Å². The SMILES string of the molecule is COc1ccc([C@@H]2[C@H](C(=O)c3cccc(OC)c3)N3c4ccccc4C=C[C@H]3[C@]2(C#N)C(N)=O)cc1. The van der Waals surface area contributed by atoms with E-state index < -0.39 is 29.3 Å². The average molecular weight is 480 g/mol. The van der Waals surface area contributed by atoms with Crippen molar-refractivity contribution < 1.29 is 19.1 Å². The number of fused-ring (bicyclic) bond motifs is 3. The Morgan fingerprint density at radius 3 is 2.36 bits per heavy atom. The van der Waals surface area contributed by atoms with Crippen molar-refractivity contribution in [3.63, 3.8) is 0 Å². The number of primary amides is 1. The molecule has 0 bridgehead atoms. The van der Waals surface area contributed by atoms with Crippen LogP contribution in [0.4, 0.5) is 5.69 Å². The molecular formula is C29H25N3O4. The first-order valence-electron chi connectivity index (χ1n) is 11.5. The van der Waals surface area contributed by atoms with Gasteiger partial charge in [-0.05, 0) is 41.5 Å². The summed E-state index contributed by atoms with van der Waals surface area (Å²) in [7, 11) is 3.10. The van der Waals surface area contributed by atoms with Crippen LogP contribution in [0.15, 0.2) is 78.9 Å². The molecular weight excluding hydrogens is 454 g/mol. The highest BCUT2D eigenvalue weighted by atomic mass is 16.5. The molecule has 0 saturated carbocycles. The molecule has 2 heterocycles. The molecule has 1 saturated heterocycles. The molecule has 36 heavy (non-hydrogen) atoms. The van der Waals surface area contributed by atoms with Crippen LogP contribution in [0.2, 0.25) is 0 Å². The largest absolute Gasteiger partial charge is 0.497 e. The van der Waals surface area contributed by atoms with Crippen LogP contribution in [-0.4, -0.2) is 38.0 Å². The fourth-order valence-corrected chi connectivity index (χ4v) is 5.56. The number of hydrogen-bond donors (Lipinski definition) is 1. The summed E-state index contributed by atoms with van der Waals surface area (Å²) in [5.41, 5.74) is 7.05. The number of benzene rings is 3. The zero-order chi connectivity index (χ0) is 25.4. The summed E-state index contributed by atoms with van der Waals surface area (Å²) < 4.78 is 10.7. The Labute approximate surface area is 209 Å². The lowest BCUT2D eigenvalue weighted by molar-refractivity contribution is -0.125. The summed E-state index contributed by atoms with van der Waals surface area (Å²) in [6, 6.07) is 22.3. The Morgan fingerprint density at radius 1 is 0.972 bits per heavy atom. The summed E-state index contributed by atoms with van der Waals surface area (Å²) in [6.07, 6.45) is 3.70. The highest BCUT2D eigenvalue weighted by Gasteiger charge is 2.65. The quantitative estimate of drug-likeness (QED) is 0.537. The van der Waals surface area contributed by atoms with Crippen LogP contribution >= 0.6 is 0 Å². The topological polar surface area (TPSA) is 106 Å². The van der Waals surface area contributed by atoms with Crippen molar-refractivity contribution in [2.45, 2.75) is 18.0 Å². The van der Waals surface area contributed by atoms with E-state index in [2.05, 4.69) is 6.07 Å². The number of hydrogen-bond acceptors (Lipinski definition) is 6. The van der Waals surface area contributed by atoms with Gasteiger partial charge in [-0.1, -0.05) is 54.6 Å². The van der Waals surface area contributed by atoms with Gasteiger partial charge >= 0.3 is 0 Å². The minimum Gasteiger partial charge on any atom is -0.497 e. The zero-order valence-electron chi connectivity index (χ0n) is 19.9. The highest BCUT2D eigenvalue weighted by Crippen LogP contribution is 2.55. The molecule has 4 atom stereocenters. The average Bonchev–Trinajstić information content (AvgIpc) is 3.24. The molecule has 0 unspecified atom stereocenters. The number of amides is 1. The molecule has 1 fully saturated rings. The number of nitrogens with zero attached hydrogens (tertiary/aromatic N) is 2. The highest BCUT2D eigenvalue weighted by molar-refractivity contribution is 6.06. The number of carbonyl (C=O) groups excluding carboxylic acids is 2.